The van der Waals surface area contributed by atoms with E-state index in [0.717, 1.165) is 0 Å². The molecule has 0 aliphatic carbocycles. The van der Waals surface area contributed by atoms with E-state index < -0.39 is 24.0 Å². The Morgan fingerprint density at radius 1 is 1.08 bits per heavy atom. The zero-order valence-corrected chi connectivity index (χ0v) is 14.7. The van der Waals surface area contributed by atoms with Crippen LogP contribution in [0.1, 0.15) is 17.2 Å². The molecule has 134 valence electrons. The number of esters is 1. The molecule has 6 nitrogen and oxygen atoms in total. The summed E-state index contributed by atoms with van der Waals surface area (Å²) in [5.41, 5.74) is 1.15. The number of halogens is 1. The standard InChI is InChI=1S/C19H17ClN2O4/c1-21-19(25)22-18(24)17(14-7-3-2-4-8-14)26-16(23)11-10-13-6-5-9-15(20)12-13/h2-12,17H,1H3,(H2,21,22,24,25)/b11-10+/t17-/m0/s1. The number of urea groups is 1. The van der Waals surface area contributed by atoms with Gasteiger partial charge in [0.2, 0.25) is 6.10 Å². The number of imide groups is 1. The molecule has 2 rings (SSSR count). The van der Waals surface area contributed by atoms with E-state index in [9.17, 15) is 14.4 Å². The van der Waals surface area contributed by atoms with Gasteiger partial charge in [0.05, 0.1) is 0 Å². The van der Waals surface area contributed by atoms with Gasteiger partial charge in [0.1, 0.15) is 0 Å². The van der Waals surface area contributed by atoms with E-state index in [0.29, 0.717) is 16.1 Å². The summed E-state index contributed by atoms with van der Waals surface area (Å²) in [6.07, 6.45) is 1.45. The zero-order chi connectivity index (χ0) is 18.9. The molecule has 2 N–H and O–H groups in total. The molecule has 2 aromatic rings. The summed E-state index contributed by atoms with van der Waals surface area (Å²) in [5, 5.41) is 4.91. The predicted molar refractivity (Wildman–Crippen MR) is 98.4 cm³/mol. The van der Waals surface area contributed by atoms with Gasteiger partial charge in [-0.1, -0.05) is 54.1 Å². The van der Waals surface area contributed by atoms with Gasteiger partial charge in [0.25, 0.3) is 5.91 Å². The highest BCUT2D eigenvalue weighted by atomic mass is 35.5. The van der Waals surface area contributed by atoms with Gasteiger partial charge in [0.15, 0.2) is 0 Å². The molecule has 0 aromatic heterocycles. The van der Waals surface area contributed by atoms with Crippen molar-refractivity contribution in [1.82, 2.24) is 10.6 Å². The SMILES string of the molecule is CNC(=O)NC(=O)[C@@H](OC(=O)/C=C/c1cccc(Cl)c1)c1ccccc1. The third-order valence-corrected chi connectivity index (χ3v) is 3.53. The molecule has 0 fully saturated rings. The number of ether oxygens (including phenoxy) is 1. The fourth-order valence-electron chi connectivity index (χ4n) is 2.07. The van der Waals surface area contributed by atoms with Crippen molar-refractivity contribution in [3.05, 3.63) is 76.8 Å². The van der Waals surface area contributed by atoms with Crippen LogP contribution in [0.25, 0.3) is 6.08 Å². The van der Waals surface area contributed by atoms with E-state index in [4.69, 9.17) is 16.3 Å². The van der Waals surface area contributed by atoms with Crippen LogP contribution in [0.5, 0.6) is 0 Å². The Hall–Kier alpha value is -3.12. The van der Waals surface area contributed by atoms with Crippen LogP contribution in [-0.4, -0.2) is 25.0 Å². The Labute approximate surface area is 155 Å². The van der Waals surface area contributed by atoms with Gasteiger partial charge >= 0.3 is 12.0 Å². The van der Waals surface area contributed by atoms with Crippen molar-refractivity contribution in [1.29, 1.82) is 0 Å². The molecule has 0 saturated carbocycles. The first-order valence-corrected chi connectivity index (χ1v) is 8.09. The minimum atomic E-state index is -1.26. The van der Waals surface area contributed by atoms with Gasteiger partial charge in [0, 0.05) is 23.7 Å². The average Bonchev–Trinajstić information content (AvgIpc) is 2.65. The van der Waals surface area contributed by atoms with Gasteiger partial charge in [-0.15, -0.1) is 0 Å². The number of amides is 3. The lowest BCUT2D eigenvalue weighted by Crippen LogP contribution is -2.41. The van der Waals surface area contributed by atoms with Crippen molar-refractivity contribution in [2.75, 3.05) is 7.05 Å². The van der Waals surface area contributed by atoms with E-state index in [1.54, 1.807) is 54.6 Å². The van der Waals surface area contributed by atoms with Crippen LogP contribution in [0.15, 0.2) is 60.7 Å². The maximum absolute atomic E-state index is 12.3. The number of hydrogen-bond donors (Lipinski definition) is 2. The van der Waals surface area contributed by atoms with Crippen LogP contribution in [0.4, 0.5) is 4.79 Å². The maximum Gasteiger partial charge on any atom is 0.331 e. The zero-order valence-electron chi connectivity index (χ0n) is 13.9. The summed E-state index contributed by atoms with van der Waals surface area (Å²) in [4.78, 5) is 35.8. The molecule has 0 aliphatic rings. The van der Waals surface area contributed by atoms with Crippen LogP contribution in [0.3, 0.4) is 0 Å². The first-order chi connectivity index (χ1) is 12.5. The number of nitrogens with one attached hydrogen (secondary N) is 2. The number of hydrogen-bond acceptors (Lipinski definition) is 4. The van der Waals surface area contributed by atoms with E-state index >= 15 is 0 Å². The minimum absolute atomic E-state index is 0.443. The van der Waals surface area contributed by atoms with Crippen molar-refractivity contribution in [3.63, 3.8) is 0 Å². The molecule has 0 spiro atoms. The molecule has 0 bridgehead atoms. The quantitative estimate of drug-likeness (QED) is 0.624. The molecule has 0 unspecified atom stereocenters. The Kier molecular flexibility index (Phi) is 6.93. The summed E-state index contributed by atoms with van der Waals surface area (Å²) in [5.74, 6) is -1.48. The lowest BCUT2D eigenvalue weighted by molar-refractivity contribution is -0.151. The smallest absolute Gasteiger partial charge is 0.331 e. The van der Waals surface area contributed by atoms with Gasteiger partial charge in [-0.2, -0.15) is 0 Å². The topological polar surface area (TPSA) is 84.5 Å². The molecule has 0 aliphatic heterocycles. The summed E-state index contributed by atoms with van der Waals surface area (Å²) in [7, 11) is 1.37. The highest BCUT2D eigenvalue weighted by Gasteiger charge is 2.25. The van der Waals surface area contributed by atoms with Crippen LogP contribution in [0, 0.1) is 0 Å². The second kappa shape index (κ2) is 9.39. The van der Waals surface area contributed by atoms with Crippen LogP contribution >= 0.6 is 11.6 Å². The Bertz CT molecular complexity index is 821. The van der Waals surface area contributed by atoms with E-state index in [1.165, 1.54) is 19.2 Å². The van der Waals surface area contributed by atoms with Crippen LogP contribution in [0.2, 0.25) is 5.02 Å². The average molecular weight is 373 g/mol. The molecule has 2 aromatic carbocycles. The first kappa shape index (κ1) is 19.2. The summed E-state index contributed by atoms with van der Waals surface area (Å²) in [6, 6.07) is 14.6. The molecule has 3 amide bonds. The van der Waals surface area contributed by atoms with E-state index in [-0.39, 0.29) is 0 Å². The molecule has 0 saturated heterocycles. The van der Waals surface area contributed by atoms with Gasteiger partial charge in [-0.05, 0) is 23.8 Å². The molecule has 0 radical (unpaired) electrons. The van der Waals surface area contributed by atoms with Crippen molar-refractivity contribution in [2.24, 2.45) is 0 Å². The third kappa shape index (κ3) is 5.75. The number of carbonyl (C=O) groups is 3. The van der Waals surface area contributed by atoms with Gasteiger partial charge < -0.3 is 10.1 Å². The Balaban J connectivity index is 2.14. The fourth-order valence-corrected chi connectivity index (χ4v) is 2.27. The Morgan fingerprint density at radius 3 is 2.46 bits per heavy atom. The molecule has 7 heteroatoms. The highest BCUT2D eigenvalue weighted by molar-refractivity contribution is 6.30. The lowest BCUT2D eigenvalue weighted by atomic mass is 10.1. The predicted octanol–water partition coefficient (Wildman–Crippen LogP) is 3.09. The highest BCUT2D eigenvalue weighted by Crippen LogP contribution is 2.18. The second-order valence-electron chi connectivity index (χ2n) is 5.18. The van der Waals surface area contributed by atoms with E-state index in [1.807, 2.05) is 0 Å². The maximum atomic E-state index is 12.3. The van der Waals surface area contributed by atoms with Crippen molar-refractivity contribution >= 4 is 35.6 Å². The van der Waals surface area contributed by atoms with Crippen molar-refractivity contribution in [3.8, 4) is 0 Å². The second-order valence-corrected chi connectivity index (χ2v) is 5.62. The van der Waals surface area contributed by atoms with E-state index in [2.05, 4.69) is 10.6 Å². The molecular formula is C19H17ClN2O4. The summed E-state index contributed by atoms with van der Waals surface area (Å²) in [6.45, 7) is 0. The lowest BCUT2D eigenvalue weighted by Gasteiger charge is -2.16. The normalized spacial score (nSPS) is 11.6. The number of rotatable bonds is 5. The monoisotopic (exact) mass is 372 g/mol. The summed E-state index contributed by atoms with van der Waals surface area (Å²) >= 11 is 5.89. The largest absolute Gasteiger partial charge is 0.444 e. The molecule has 26 heavy (non-hydrogen) atoms. The van der Waals surface area contributed by atoms with Crippen molar-refractivity contribution in [2.45, 2.75) is 6.10 Å². The van der Waals surface area contributed by atoms with Crippen LogP contribution < -0.4 is 10.6 Å². The van der Waals surface area contributed by atoms with Gasteiger partial charge in [-0.25, -0.2) is 9.59 Å². The Morgan fingerprint density at radius 2 is 1.81 bits per heavy atom. The minimum Gasteiger partial charge on any atom is -0.444 e. The first-order valence-electron chi connectivity index (χ1n) is 7.71. The molecule has 0 heterocycles. The number of carbonyl (C=O) groups excluding carboxylic acids is 3. The summed E-state index contributed by atoms with van der Waals surface area (Å²) < 4.78 is 5.24. The van der Waals surface area contributed by atoms with Gasteiger partial charge in [-0.3, -0.25) is 10.1 Å². The number of benzene rings is 2. The van der Waals surface area contributed by atoms with Crippen LogP contribution in [-0.2, 0) is 14.3 Å². The van der Waals surface area contributed by atoms with Crippen molar-refractivity contribution < 1.29 is 19.1 Å². The molecule has 1 atom stereocenters. The third-order valence-electron chi connectivity index (χ3n) is 3.30. The molecular weight excluding hydrogens is 356 g/mol. The fraction of sp³-hybridized carbons (Fsp3) is 0.105.